The van der Waals surface area contributed by atoms with Gasteiger partial charge < -0.3 is 20.3 Å². The maximum atomic E-state index is 12.8. The van der Waals surface area contributed by atoms with Crippen LogP contribution in [0.4, 0.5) is 10.5 Å². The van der Waals surface area contributed by atoms with Gasteiger partial charge in [-0.05, 0) is 48.7 Å². The minimum absolute atomic E-state index is 0.350. The van der Waals surface area contributed by atoms with Gasteiger partial charge in [0.2, 0.25) is 0 Å². The summed E-state index contributed by atoms with van der Waals surface area (Å²) in [7, 11) is 1.35. The van der Waals surface area contributed by atoms with Crippen LogP contribution in [-0.4, -0.2) is 56.7 Å². The topological polar surface area (TPSA) is 73.9 Å². The molecule has 2 heterocycles. The van der Waals surface area contributed by atoms with Gasteiger partial charge in [-0.15, -0.1) is 0 Å². The Bertz CT molecular complexity index is 1090. The van der Waals surface area contributed by atoms with Crippen molar-refractivity contribution in [3.05, 3.63) is 75.4 Å². The number of halogens is 1. The highest BCUT2D eigenvalue weighted by Gasteiger charge is 2.34. The average molecular weight is 469 g/mol. The number of anilines is 1. The molecule has 0 aromatic heterocycles. The number of methoxy groups -OCH3 is 1. The Morgan fingerprint density at radius 1 is 1.12 bits per heavy atom. The van der Waals surface area contributed by atoms with Crippen LogP contribution < -0.4 is 15.5 Å². The summed E-state index contributed by atoms with van der Waals surface area (Å²) >= 11 is 6.17. The number of urea groups is 1. The average Bonchev–Trinajstić information content (AvgIpc) is 2.80. The molecule has 4 rings (SSSR count). The summed E-state index contributed by atoms with van der Waals surface area (Å²) in [6.07, 6.45) is 0. The molecule has 0 radical (unpaired) electrons. The maximum absolute atomic E-state index is 12.8. The Kier molecular flexibility index (Phi) is 6.91. The van der Waals surface area contributed by atoms with Gasteiger partial charge in [-0.25, -0.2) is 9.59 Å². The van der Waals surface area contributed by atoms with E-state index in [1.807, 2.05) is 6.07 Å². The Morgan fingerprint density at radius 2 is 1.88 bits per heavy atom. The molecule has 0 aliphatic carbocycles. The number of nitrogens with zero attached hydrogens (tertiary/aromatic N) is 2. The molecule has 7 nitrogen and oxygen atoms in total. The summed E-state index contributed by atoms with van der Waals surface area (Å²) in [5.41, 5.74) is 5.47. The van der Waals surface area contributed by atoms with Gasteiger partial charge >= 0.3 is 12.0 Å². The van der Waals surface area contributed by atoms with Crippen molar-refractivity contribution in [3.63, 3.8) is 0 Å². The zero-order valence-corrected chi connectivity index (χ0v) is 19.9. The monoisotopic (exact) mass is 468 g/mol. The molecule has 2 aromatic rings. The van der Waals surface area contributed by atoms with Crippen LogP contribution in [0, 0.1) is 13.8 Å². The number of benzene rings is 2. The molecule has 2 aliphatic rings. The third-order valence-corrected chi connectivity index (χ3v) is 6.44. The van der Waals surface area contributed by atoms with Gasteiger partial charge in [0.05, 0.1) is 18.7 Å². The molecule has 0 saturated carbocycles. The third kappa shape index (κ3) is 5.15. The van der Waals surface area contributed by atoms with Crippen LogP contribution in [0.25, 0.3) is 0 Å². The number of rotatable bonds is 5. The number of carbonyl (C=O) groups excluding carboxylic acids is 2. The van der Waals surface area contributed by atoms with Gasteiger partial charge in [-0.1, -0.05) is 35.9 Å². The van der Waals surface area contributed by atoms with E-state index in [1.165, 1.54) is 23.9 Å². The smallest absolute Gasteiger partial charge is 0.338 e. The van der Waals surface area contributed by atoms with Crippen molar-refractivity contribution in [2.75, 3.05) is 44.7 Å². The number of aryl methyl sites for hydroxylation is 2. The fraction of sp³-hybridized carbons (Fsp3) is 0.360. The van der Waals surface area contributed by atoms with E-state index in [1.54, 1.807) is 18.2 Å². The summed E-state index contributed by atoms with van der Waals surface area (Å²) < 4.78 is 5.08. The minimum atomic E-state index is -0.629. The summed E-state index contributed by atoms with van der Waals surface area (Å²) in [4.78, 5) is 29.9. The van der Waals surface area contributed by atoms with E-state index >= 15 is 0 Å². The fourth-order valence-corrected chi connectivity index (χ4v) is 4.66. The first kappa shape index (κ1) is 23.1. The maximum Gasteiger partial charge on any atom is 0.338 e. The molecule has 2 aliphatic heterocycles. The lowest BCUT2D eigenvalue weighted by atomic mass is 9.95. The lowest BCUT2D eigenvalue weighted by molar-refractivity contribution is -0.136. The quantitative estimate of drug-likeness (QED) is 0.656. The molecule has 174 valence electrons. The van der Waals surface area contributed by atoms with E-state index in [0.717, 1.165) is 31.7 Å². The van der Waals surface area contributed by atoms with Crippen molar-refractivity contribution in [1.29, 1.82) is 0 Å². The molecular weight excluding hydrogens is 440 g/mol. The van der Waals surface area contributed by atoms with Gasteiger partial charge in [0, 0.05) is 49.1 Å². The van der Waals surface area contributed by atoms with Crippen LogP contribution in [0.5, 0.6) is 0 Å². The summed E-state index contributed by atoms with van der Waals surface area (Å²) in [5.74, 6) is -0.475. The number of ether oxygens (including phenoxy) is 1. The molecular formula is C25H29ClN4O3. The molecule has 33 heavy (non-hydrogen) atoms. The molecule has 0 bridgehead atoms. The second-order valence-electron chi connectivity index (χ2n) is 8.52. The highest BCUT2D eigenvalue weighted by molar-refractivity contribution is 6.30. The van der Waals surface area contributed by atoms with Gasteiger partial charge in [0.1, 0.15) is 0 Å². The number of esters is 1. The highest BCUT2D eigenvalue weighted by atomic mass is 35.5. The molecule has 1 saturated heterocycles. The lowest BCUT2D eigenvalue weighted by Crippen LogP contribution is -2.51. The summed E-state index contributed by atoms with van der Waals surface area (Å²) in [5, 5.41) is 6.22. The second kappa shape index (κ2) is 9.85. The minimum Gasteiger partial charge on any atom is -0.466 e. The lowest BCUT2D eigenvalue weighted by Gasteiger charge is -2.38. The second-order valence-corrected chi connectivity index (χ2v) is 8.96. The van der Waals surface area contributed by atoms with Crippen LogP contribution in [0.15, 0.2) is 53.7 Å². The van der Waals surface area contributed by atoms with Crippen LogP contribution in [0.1, 0.15) is 22.7 Å². The first-order chi connectivity index (χ1) is 15.9. The van der Waals surface area contributed by atoms with Crippen LogP contribution in [0.3, 0.4) is 0 Å². The normalized spacial score (nSPS) is 19.2. The van der Waals surface area contributed by atoms with E-state index < -0.39 is 12.0 Å². The Balaban J connectivity index is 1.55. The molecule has 0 spiro atoms. The third-order valence-electron chi connectivity index (χ3n) is 6.20. The fourth-order valence-electron chi connectivity index (χ4n) is 4.46. The Hall–Kier alpha value is -3.03. The molecule has 2 aromatic carbocycles. The summed E-state index contributed by atoms with van der Waals surface area (Å²) in [6, 6.07) is 12.7. The van der Waals surface area contributed by atoms with E-state index in [0.29, 0.717) is 22.8 Å². The first-order valence-corrected chi connectivity index (χ1v) is 11.4. The molecule has 2 amide bonds. The van der Waals surface area contributed by atoms with Crippen molar-refractivity contribution in [1.82, 2.24) is 15.5 Å². The number of amides is 2. The van der Waals surface area contributed by atoms with Crippen molar-refractivity contribution in [3.8, 4) is 0 Å². The molecule has 0 unspecified atom stereocenters. The van der Waals surface area contributed by atoms with E-state index in [2.05, 4.69) is 52.5 Å². The highest BCUT2D eigenvalue weighted by Crippen LogP contribution is 2.30. The van der Waals surface area contributed by atoms with Gasteiger partial charge in [0.15, 0.2) is 0 Å². The number of hydrogen-bond donors (Lipinski definition) is 2. The zero-order valence-electron chi connectivity index (χ0n) is 19.2. The largest absolute Gasteiger partial charge is 0.466 e. The standard InChI is InChI=1S/C25H29ClN4O3/c1-16-7-8-17(2)21(13-16)30-11-9-29(10-12-30)15-20-22(24(31)33-3)23(28-25(32)27-20)18-5-4-6-19(26)14-18/h4-8,13-14,23H,9-12,15H2,1-3H3,(H2,27,28,32)/t23-/m1/s1. The first-order valence-electron chi connectivity index (χ1n) is 11.0. The number of hydrogen-bond acceptors (Lipinski definition) is 5. The van der Waals surface area contributed by atoms with E-state index in [4.69, 9.17) is 16.3 Å². The predicted octanol–water partition coefficient (Wildman–Crippen LogP) is 3.56. The zero-order chi connectivity index (χ0) is 23.5. The molecule has 8 heteroatoms. The predicted molar refractivity (Wildman–Crippen MR) is 129 cm³/mol. The summed E-state index contributed by atoms with van der Waals surface area (Å²) in [6.45, 7) is 8.07. The van der Waals surface area contributed by atoms with Crippen molar-refractivity contribution >= 4 is 29.3 Å². The van der Waals surface area contributed by atoms with Crippen molar-refractivity contribution in [2.24, 2.45) is 0 Å². The number of nitrogens with one attached hydrogen (secondary N) is 2. The van der Waals surface area contributed by atoms with Crippen molar-refractivity contribution in [2.45, 2.75) is 19.9 Å². The van der Waals surface area contributed by atoms with Crippen LogP contribution in [-0.2, 0) is 9.53 Å². The molecule has 2 N–H and O–H groups in total. The van der Waals surface area contributed by atoms with Gasteiger partial charge in [-0.3, -0.25) is 4.90 Å². The van der Waals surface area contributed by atoms with E-state index in [9.17, 15) is 9.59 Å². The Labute approximate surface area is 199 Å². The SMILES string of the molecule is COC(=O)C1=C(CN2CCN(c3cc(C)ccc3C)CC2)NC(=O)N[C@@H]1c1cccc(Cl)c1. The van der Waals surface area contributed by atoms with Crippen molar-refractivity contribution < 1.29 is 14.3 Å². The van der Waals surface area contributed by atoms with Crippen LogP contribution in [0.2, 0.25) is 5.02 Å². The number of piperazine rings is 1. The van der Waals surface area contributed by atoms with Gasteiger partial charge in [0.25, 0.3) is 0 Å². The number of carbonyl (C=O) groups is 2. The van der Waals surface area contributed by atoms with Gasteiger partial charge in [-0.2, -0.15) is 0 Å². The molecule has 1 fully saturated rings. The molecule has 1 atom stereocenters. The Morgan fingerprint density at radius 3 is 2.58 bits per heavy atom. The van der Waals surface area contributed by atoms with E-state index in [-0.39, 0.29) is 6.03 Å². The van der Waals surface area contributed by atoms with Crippen LogP contribution >= 0.6 is 11.6 Å².